The second-order valence-corrected chi connectivity index (χ2v) is 5.38. The van der Waals surface area contributed by atoms with Gasteiger partial charge in [0.05, 0.1) is 19.3 Å². The van der Waals surface area contributed by atoms with Crippen molar-refractivity contribution in [3.8, 4) is 0 Å². The number of nitrogens with zero attached hydrogens (tertiary/aromatic N) is 1. The van der Waals surface area contributed by atoms with Crippen molar-refractivity contribution in [2.75, 3.05) is 19.7 Å². The highest BCUT2D eigenvalue weighted by atomic mass is 16.5. The Morgan fingerprint density at radius 3 is 2.68 bits per heavy atom. The lowest BCUT2D eigenvalue weighted by atomic mass is 10.2. The van der Waals surface area contributed by atoms with Crippen LogP contribution in [0.5, 0.6) is 0 Å². The molecule has 0 heterocycles. The molecule has 0 aromatic heterocycles. The molecule has 2 rings (SSSR count). The average molecular weight is 263 g/mol. The van der Waals surface area contributed by atoms with E-state index in [0.29, 0.717) is 19.3 Å². The molecule has 0 aliphatic heterocycles. The first kappa shape index (κ1) is 14.5. The summed E-state index contributed by atoms with van der Waals surface area (Å²) in [5.74, 6) is 0. The highest BCUT2D eigenvalue weighted by molar-refractivity contribution is 5.13. The second-order valence-electron chi connectivity index (χ2n) is 5.38. The molecule has 0 spiro atoms. The molecular formula is C16H25NO2. The zero-order valence-corrected chi connectivity index (χ0v) is 11.8. The summed E-state index contributed by atoms with van der Waals surface area (Å²) in [6.07, 6.45) is 3.35. The van der Waals surface area contributed by atoms with Gasteiger partial charge in [-0.3, -0.25) is 4.90 Å². The SMILES string of the molecule is CCCN(CC(O)COCc1ccccc1)C1CC1. The standard InChI is InChI=1S/C16H25NO2/c1-2-10-17(15-8-9-15)11-16(18)13-19-12-14-6-4-3-5-7-14/h3-7,15-16,18H,2,8-13H2,1H3. The number of hydrogen-bond donors (Lipinski definition) is 1. The van der Waals surface area contributed by atoms with Crippen molar-refractivity contribution in [2.24, 2.45) is 0 Å². The van der Waals surface area contributed by atoms with Gasteiger partial charge in [0.15, 0.2) is 0 Å². The Kier molecular flexibility index (Phi) is 5.83. The first-order valence-corrected chi connectivity index (χ1v) is 7.33. The Hall–Kier alpha value is -0.900. The Morgan fingerprint density at radius 1 is 1.32 bits per heavy atom. The molecule has 1 atom stereocenters. The lowest BCUT2D eigenvalue weighted by Crippen LogP contribution is -2.36. The average Bonchev–Trinajstić information content (AvgIpc) is 3.24. The summed E-state index contributed by atoms with van der Waals surface area (Å²) in [7, 11) is 0. The van der Waals surface area contributed by atoms with Gasteiger partial charge in [-0.15, -0.1) is 0 Å². The van der Waals surface area contributed by atoms with Crippen molar-refractivity contribution in [1.29, 1.82) is 0 Å². The largest absolute Gasteiger partial charge is 0.389 e. The number of aliphatic hydroxyl groups is 1. The lowest BCUT2D eigenvalue weighted by Gasteiger charge is -2.24. The van der Waals surface area contributed by atoms with Crippen LogP contribution in [0, 0.1) is 0 Å². The zero-order chi connectivity index (χ0) is 13.5. The molecule has 1 aliphatic carbocycles. The quantitative estimate of drug-likeness (QED) is 0.743. The van der Waals surface area contributed by atoms with Crippen LogP contribution in [0.3, 0.4) is 0 Å². The highest BCUT2D eigenvalue weighted by Gasteiger charge is 2.29. The van der Waals surface area contributed by atoms with E-state index in [1.165, 1.54) is 12.8 Å². The number of ether oxygens (including phenoxy) is 1. The Balaban J connectivity index is 1.64. The van der Waals surface area contributed by atoms with E-state index in [0.717, 1.165) is 25.1 Å². The molecule has 0 radical (unpaired) electrons. The van der Waals surface area contributed by atoms with Crippen LogP contribution in [0.4, 0.5) is 0 Å². The van der Waals surface area contributed by atoms with Gasteiger partial charge in [-0.2, -0.15) is 0 Å². The molecule has 106 valence electrons. The van der Waals surface area contributed by atoms with E-state index in [1.54, 1.807) is 0 Å². The van der Waals surface area contributed by atoms with E-state index in [-0.39, 0.29) is 6.10 Å². The summed E-state index contributed by atoms with van der Waals surface area (Å²) in [4.78, 5) is 2.40. The van der Waals surface area contributed by atoms with Crippen molar-refractivity contribution in [3.63, 3.8) is 0 Å². The van der Waals surface area contributed by atoms with Crippen LogP contribution in [0.2, 0.25) is 0 Å². The number of rotatable bonds is 9. The molecular weight excluding hydrogens is 238 g/mol. The Labute approximate surface area is 116 Å². The van der Waals surface area contributed by atoms with Crippen LogP contribution >= 0.6 is 0 Å². The minimum atomic E-state index is -0.379. The van der Waals surface area contributed by atoms with E-state index < -0.39 is 0 Å². The van der Waals surface area contributed by atoms with Crippen molar-refractivity contribution in [2.45, 2.75) is 44.9 Å². The minimum absolute atomic E-state index is 0.379. The summed E-state index contributed by atoms with van der Waals surface area (Å²) >= 11 is 0. The smallest absolute Gasteiger partial charge is 0.0900 e. The van der Waals surface area contributed by atoms with Gasteiger partial charge in [-0.25, -0.2) is 0 Å². The van der Waals surface area contributed by atoms with E-state index in [2.05, 4.69) is 11.8 Å². The van der Waals surface area contributed by atoms with Gasteiger partial charge < -0.3 is 9.84 Å². The molecule has 3 nitrogen and oxygen atoms in total. The van der Waals surface area contributed by atoms with Crippen LogP contribution in [0.1, 0.15) is 31.7 Å². The highest BCUT2D eigenvalue weighted by Crippen LogP contribution is 2.26. The van der Waals surface area contributed by atoms with Gasteiger partial charge in [0.2, 0.25) is 0 Å². The third-order valence-electron chi connectivity index (χ3n) is 3.44. The second kappa shape index (κ2) is 7.63. The molecule has 19 heavy (non-hydrogen) atoms. The van der Waals surface area contributed by atoms with Gasteiger partial charge in [-0.05, 0) is 31.4 Å². The first-order chi connectivity index (χ1) is 9.29. The number of benzene rings is 1. The molecule has 1 aliphatic rings. The van der Waals surface area contributed by atoms with Crippen molar-refractivity contribution in [3.05, 3.63) is 35.9 Å². The van der Waals surface area contributed by atoms with Gasteiger partial charge in [0, 0.05) is 12.6 Å². The molecule has 0 saturated heterocycles. The fourth-order valence-corrected chi connectivity index (χ4v) is 2.36. The van der Waals surface area contributed by atoms with Gasteiger partial charge in [0.1, 0.15) is 0 Å². The number of hydrogen-bond acceptors (Lipinski definition) is 3. The molecule has 1 N–H and O–H groups in total. The third-order valence-corrected chi connectivity index (χ3v) is 3.44. The van der Waals surface area contributed by atoms with Gasteiger partial charge >= 0.3 is 0 Å². The maximum absolute atomic E-state index is 10.0. The van der Waals surface area contributed by atoms with E-state index >= 15 is 0 Å². The summed E-state index contributed by atoms with van der Waals surface area (Å²) < 4.78 is 5.58. The van der Waals surface area contributed by atoms with Gasteiger partial charge in [-0.1, -0.05) is 37.3 Å². The molecule has 1 saturated carbocycles. The predicted octanol–water partition coefficient (Wildman–Crippen LogP) is 2.44. The molecule has 0 bridgehead atoms. The fourth-order valence-electron chi connectivity index (χ4n) is 2.36. The van der Waals surface area contributed by atoms with Crippen LogP contribution in [0.25, 0.3) is 0 Å². The van der Waals surface area contributed by atoms with Crippen LogP contribution in [-0.4, -0.2) is 41.8 Å². The van der Waals surface area contributed by atoms with Crippen LogP contribution in [0.15, 0.2) is 30.3 Å². The predicted molar refractivity (Wildman–Crippen MR) is 77.0 cm³/mol. The monoisotopic (exact) mass is 263 g/mol. The van der Waals surface area contributed by atoms with E-state index in [1.807, 2.05) is 30.3 Å². The zero-order valence-electron chi connectivity index (χ0n) is 11.8. The topological polar surface area (TPSA) is 32.7 Å². The molecule has 3 heteroatoms. The molecule has 1 aromatic rings. The van der Waals surface area contributed by atoms with E-state index in [9.17, 15) is 5.11 Å². The number of aliphatic hydroxyl groups excluding tert-OH is 1. The maximum atomic E-state index is 10.0. The Morgan fingerprint density at radius 2 is 2.05 bits per heavy atom. The molecule has 1 unspecified atom stereocenters. The summed E-state index contributed by atoms with van der Waals surface area (Å²) in [6.45, 7) is 5.01. The lowest BCUT2D eigenvalue weighted by molar-refractivity contribution is 0.00850. The van der Waals surface area contributed by atoms with Crippen LogP contribution in [-0.2, 0) is 11.3 Å². The Bertz CT molecular complexity index is 351. The first-order valence-electron chi connectivity index (χ1n) is 7.33. The van der Waals surface area contributed by atoms with E-state index in [4.69, 9.17) is 4.74 Å². The van der Waals surface area contributed by atoms with Crippen molar-refractivity contribution >= 4 is 0 Å². The maximum Gasteiger partial charge on any atom is 0.0900 e. The fraction of sp³-hybridized carbons (Fsp3) is 0.625. The normalized spacial score (nSPS) is 16.8. The van der Waals surface area contributed by atoms with Crippen molar-refractivity contribution in [1.82, 2.24) is 4.90 Å². The summed E-state index contributed by atoms with van der Waals surface area (Å²) in [5.41, 5.74) is 1.15. The van der Waals surface area contributed by atoms with Crippen LogP contribution < -0.4 is 0 Å². The minimum Gasteiger partial charge on any atom is -0.389 e. The van der Waals surface area contributed by atoms with Gasteiger partial charge in [0.25, 0.3) is 0 Å². The van der Waals surface area contributed by atoms with Crippen molar-refractivity contribution < 1.29 is 9.84 Å². The molecule has 1 aromatic carbocycles. The molecule has 1 fully saturated rings. The third kappa shape index (κ3) is 5.31. The molecule has 0 amide bonds. The summed E-state index contributed by atoms with van der Waals surface area (Å²) in [5, 5.41) is 10.0. The summed E-state index contributed by atoms with van der Waals surface area (Å²) in [6, 6.07) is 10.8.